The fourth-order valence-electron chi connectivity index (χ4n) is 6.36. The molecule has 0 aromatic rings. The number of esters is 2. The van der Waals surface area contributed by atoms with Crippen LogP contribution in [0.2, 0.25) is 0 Å². The fraction of sp³-hybridized carbons (Fsp3) is 0.677. The molecule has 1 N–H and O–H groups in total. The third-order valence-electron chi connectivity index (χ3n) is 8.53. The molecule has 11 heteroatoms. The Hall–Kier alpha value is -3.02. The Bertz CT molecular complexity index is 1220. The van der Waals surface area contributed by atoms with Gasteiger partial charge in [0.25, 0.3) is 11.8 Å². The summed E-state index contributed by atoms with van der Waals surface area (Å²) in [6, 6.07) is 0. The van der Waals surface area contributed by atoms with Crippen LogP contribution in [0.3, 0.4) is 0 Å². The number of nitrogens with zero attached hydrogens (tertiary/aromatic N) is 2. The third kappa shape index (κ3) is 4.89. The number of hydrogen-bond donors (Lipinski definition) is 1. The highest BCUT2D eigenvalue weighted by Crippen LogP contribution is 2.49. The number of carbonyl (C=O) groups is 4. The number of ether oxygens (including phenoxy) is 4. The SMILES string of the molecule is C=CCC1=C(C)[C@@]2(C(=O)OC)CO[C@H](C(C)(C)C)N2C1=O.COC(=O)[C@]12CO[C@H](C(C)(C)C)N1C(=O)C(CCO)=C2C. The van der Waals surface area contributed by atoms with Crippen molar-refractivity contribution in [1.82, 2.24) is 9.80 Å². The second-order valence-corrected chi connectivity index (χ2v) is 13.3. The number of allylic oxidation sites excluding steroid dienone is 1. The van der Waals surface area contributed by atoms with Gasteiger partial charge in [-0.15, -0.1) is 6.58 Å². The Balaban J connectivity index is 0.000000230. The molecule has 2 saturated heterocycles. The summed E-state index contributed by atoms with van der Waals surface area (Å²) in [5, 5.41) is 9.18. The van der Waals surface area contributed by atoms with E-state index in [1.54, 1.807) is 17.9 Å². The zero-order valence-electron chi connectivity index (χ0n) is 26.6. The molecule has 2 fully saturated rings. The molecule has 4 rings (SSSR count). The lowest BCUT2D eigenvalue weighted by molar-refractivity contribution is -0.157. The van der Waals surface area contributed by atoms with Crippen LogP contribution in [0.15, 0.2) is 34.9 Å². The van der Waals surface area contributed by atoms with Crippen LogP contribution in [0.1, 0.15) is 68.2 Å². The van der Waals surface area contributed by atoms with Gasteiger partial charge in [-0.25, -0.2) is 9.59 Å². The van der Waals surface area contributed by atoms with E-state index in [0.29, 0.717) is 28.7 Å². The number of carbonyl (C=O) groups excluding carboxylic acids is 4. The molecule has 0 unspecified atom stereocenters. The maximum atomic E-state index is 12.8. The number of hydrogen-bond acceptors (Lipinski definition) is 9. The van der Waals surface area contributed by atoms with Crippen LogP contribution in [0.25, 0.3) is 0 Å². The standard InChI is InChI=1S/C16H23NO4.C15H23NO5/c1-7-8-11-10(2)16(14(19)20-6)9-21-13(15(3,4)5)17(16)12(11)18;1-9-10(6-7-17)11(18)16-12(14(2,3)4)21-8-15(9,16)13(19)20-5/h7,13H,1,8-9H2,2-6H3;12,17H,6-8H2,1-5H3/t13-,16-;12-,15-/m11/s1. The first-order chi connectivity index (χ1) is 19.4. The van der Waals surface area contributed by atoms with Gasteiger partial charge >= 0.3 is 11.9 Å². The first-order valence-corrected chi connectivity index (χ1v) is 14.1. The van der Waals surface area contributed by atoms with Crippen molar-refractivity contribution in [2.75, 3.05) is 34.0 Å². The number of methoxy groups -OCH3 is 2. The van der Waals surface area contributed by atoms with Crippen LogP contribution in [-0.2, 0) is 38.1 Å². The second kappa shape index (κ2) is 11.6. The summed E-state index contributed by atoms with van der Waals surface area (Å²) in [4.78, 5) is 53.4. The minimum Gasteiger partial charge on any atom is -0.467 e. The summed E-state index contributed by atoms with van der Waals surface area (Å²) in [6.07, 6.45) is 1.39. The molecule has 4 heterocycles. The minimum absolute atomic E-state index is 0.0914. The maximum Gasteiger partial charge on any atom is 0.338 e. The normalized spacial score (nSPS) is 29.0. The zero-order valence-corrected chi connectivity index (χ0v) is 26.6. The molecule has 4 aliphatic rings. The van der Waals surface area contributed by atoms with Gasteiger partial charge < -0.3 is 24.1 Å². The van der Waals surface area contributed by atoms with E-state index in [4.69, 9.17) is 18.9 Å². The van der Waals surface area contributed by atoms with Crippen LogP contribution < -0.4 is 0 Å². The van der Waals surface area contributed by atoms with Crippen molar-refractivity contribution in [2.24, 2.45) is 10.8 Å². The molecular weight excluding hydrogens is 544 g/mol. The van der Waals surface area contributed by atoms with Crippen molar-refractivity contribution < 1.29 is 43.2 Å². The molecule has 0 radical (unpaired) electrons. The monoisotopic (exact) mass is 590 g/mol. The summed E-state index contributed by atoms with van der Waals surface area (Å²) >= 11 is 0. The number of rotatable bonds is 6. The lowest BCUT2D eigenvalue weighted by Crippen LogP contribution is -2.56. The average Bonchev–Trinajstić information content (AvgIpc) is 3.62. The number of aliphatic hydroxyl groups is 1. The van der Waals surface area contributed by atoms with Crippen molar-refractivity contribution in [3.8, 4) is 0 Å². The Kier molecular flexibility index (Phi) is 9.23. The fourth-order valence-corrected chi connectivity index (χ4v) is 6.36. The average molecular weight is 591 g/mol. The van der Waals surface area contributed by atoms with Crippen LogP contribution in [0.5, 0.6) is 0 Å². The first kappa shape index (κ1) is 33.5. The van der Waals surface area contributed by atoms with E-state index in [-0.39, 0.29) is 48.9 Å². The van der Waals surface area contributed by atoms with Crippen LogP contribution in [0.4, 0.5) is 0 Å². The topological polar surface area (TPSA) is 132 Å². The molecule has 0 spiro atoms. The van der Waals surface area contributed by atoms with Crippen molar-refractivity contribution in [1.29, 1.82) is 0 Å². The van der Waals surface area contributed by atoms with Crippen molar-refractivity contribution in [2.45, 2.75) is 91.8 Å². The van der Waals surface area contributed by atoms with E-state index < -0.39 is 35.5 Å². The summed E-state index contributed by atoms with van der Waals surface area (Å²) in [6.45, 7) is 19.2. The van der Waals surface area contributed by atoms with Crippen LogP contribution in [-0.4, -0.2) is 96.2 Å². The van der Waals surface area contributed by atoms with Crippen LogP contribution >= 0.6 is 0 Å². The Morgan fingerprint density at radius 3 is 1.60 bits per heavy atom. The van der Waals surface area contributed by atoms with Gasteiger partial charge in [0.1, 0.15) is 12.5 Å². The highest BCUT2D eigenvalue weighted by atomic mass is 16.6. The van der Waals surface area contributed by atoms with Crippen LogP contribution in [0, 0.1) is 10.8 Å². The lowest BCUT2D eigenvalue weighted by atomic mass is 9.89. The summed E-state index contributed by atoms with van der Waals surface area (Å²) < 4.78 is 21.5. The van der Waals surface area contributed by atoms with Gasteiger partial charge in [-0.3, -0.25) is 19.4 Å². The number of fused-ring (bicyclic) bond motifs is 2. The van der Waals surface area contributed by atoms with Gasteiger partial charge in [0.15, 0.2) is 11.1 Å². The summed E-state index contributed by atoms with van der Waals surface area (Å²) in [5.74, 6) is -1.34. The van der Waals surface area contributed by atoms with Gasteiger partial charge in [-0.2, -0.15) is 0 Å². The predicted octanol–water partition coefficient (Wildman–Crippen LogP) is 2.88. The van der Waals surface area contributed by atoms with E-state index in [2.05, 4.69) is 6.58 Å². The maximum absolute atomic E-state index is 12.8. The zero-order chi connectivity index (χ0) is 32.0. The molecular formula is C31H46N2O9. The molecule has 4 atom stereocenters. The first-order valence-electron chi connectivity index (χ1n) is 14.1. The van der Waals surface area contributed by atoms with Gasteiger partial charge in [0, 0.05) is 35.0 Å². The van der Waals surface area contributed by atoms with Crippen molar-refractivity contribution in [3.05, 3.63) is 34.9 Å². The smallest absolute Gasteiger partial charge is 0.338 e. The second-order valence-electron chi connectivity index (χ2n) is 13.3. The predicted molar refractivity (Wildman–Crippen MR) is 153 cm³/mol. The lowest BCUT2D eigenvalue weighted by Gasteiger charge is -2.37. The van der Waals surface area contributed by atoms with Crippen molar-refractivity contribution in [3.63, 3.8) is 0 Å². The van der Waals surface area contributed by atoms with Gasteiger partial charge in [-0.05, 0) is 31.4 Å². The molecule has 0 aromatic carbocycles. The van der Waals surface area contributed by atoms with Gasteiger partial charge in [-0.1, -0.05) is 47.6 Å². The van der Waals surface area contributed by atoms with Gasteiger partial charge in [0.2, 0.25) is 0 Å². The molecule has 4 aliphatic heterocycles. The molecule has 0 bridgehead atoms. The quantitative estimate of drug-likeness (QED) is 0.366. The Morgan fingerprint density at radius 2 is 1.26 bits per heavy atom. The molecule has 0 saturated carbocycles. The largest absolute Gasteiger partial charge is 0.467 e. The summed E-state index contributed by atoms with van der Waals surface area (Å²) in [5.41, 5.74) is -0.494. The number of amides is 2. The molecule has 42 heavy (non-hydrogen) atoms. The molecule has 234 valence electrons. The third-order valence-corrected chi connectivity index (χ3v) is 8.53. The minimum atomic E-state index is -1.19. The van der Waals surface area contributed by atoms with E-state index in [9.17, 15) is 24.3 Å². The van der Waals surface area contributed by atoms with Gasteiger partial charge in [0.05, 0.1) is 27.4 Å². The van der Waals surface area contributed by atoms with E-state index in [0.717, 1.165) is 0 Å². The van der Waals surface area contributed by atoms with Crippen molar-refractivity contribution >= 4 is 23.8 Å². The Morgan fingerprint density at radius 1 is 0.881 bits per heavy atom. The Labute approximate surface area is 248 Å². The summed E-state index contributed by atoms with van der Waals surface area (Å²) in [7, 11) is 2.64. The number of aliphatic hydroxyl groups excluding tert-OH is 1. The van der Waals surface area contributed by atoms with E-state index in [1.165, 1.54) is 19.1 Å². The molecule has 11 nitrogen and oxygen atoms in total. The highest BCUT2D eigenvalue weighted by molar-refractivity contribution is 6.07. The highest BCUT2D eigenvalue weighted by Gasteiger charge is 2.65. The molecule has 0 aromatic heterocycles. The molecule has 0 aliphatic carbocycles. The van der Waals surface area contributed by atoms with E-state index in [1.807, 2.05) is 48.5 Å². The van der Waals surface area contributed by atoms with E-state index >= 15 is 0 Å². The molecule has 2 amide bonds.